The Morgan fingerprint density at radius 2 is 1.82 bits per heavy atom. The van der Waals surface area contributed by atoms with Crippen molar-refractivity contribution in [3.8, 4) is 28.9 Å². The number of halogens is 10. The molecule has 0 aliphatic heterocycles. The van der Waals surface area contributed by atoms with Crippen LogP contribution in [0.2, 0.25) is 5.02 Å². The molecule has 1 N–H and O–H groups in total. The van der Waals surface area contributed by atoms with Gasteiger partial charge in [0, 0.05) is 18.8 Å². The number of nitrogens with zero attached hydrogens (tertiary/aromatic N) is 5. The molecular formula is C22H14ClF9N6O2. The van der Waals surface area contributed by atoms with E-state index in [4.69, 9.17) is 11.6 Å². The van der Waals surface area contributed by atoms with Crippen molar-refractivity contribution in [1.82, 2.24) is 24.9 Å². The van der Waals surface area contributed by atoms with Gasteiger partial charge in [-0.15, -0.1) is 5.10 Å². The third kappa shape index (κ3) is 5.27. The van der Waals surface area contributed by atoms with E-state index in [9.17, 15) is 49.6 Å². The van der Waals surface area contributed by atoms with Crippen LogP contribution in [0.15, 0.2) is 30.6 Å². The number of alkyl halides is 9. The standard InChI is InChI=1S/C22H14ClF9N6O2/c1-37-17(14(21(27,28)29)16(36-37)40-18(24)20(25,26)22(30,31)32)38-8-11(7-34-38)10-2-3-13(23)12(6-10)15(39)35-19(9-33)4-5-19/h2-3,6-8,18H,4-5H2,1H3,(H,35,39). The van der Waals surface area contributed by atoms with Crippen LogP contribution < -0.4 is 10.1 Å². The van der Waals surface area contributed by atoms with E-state index in [1.54, 1.807) is 0 Å². The Bertz CT molecular complexity index is 1500. The number of carbonyl (C=O) groups excluding carboxylic acids is 1. The molecule has 1 fully saturated rings. The van der Waals surface area contributed by atoms with Gasteiger partial charge in [-0.25, -0.2) is 9.36 Å². The molecule has 40 heavy (non-hydrogen) atoms. The molecular weight excluding hydrogens is 587 g/mol. The average molecular weight is 601 g/mol. The second-order valence-corrected chi connectivity index (χ2v) is 9.10. The number of aromatic nitrogens is 4. The molecule has 1 aliphatic carbocycles. The van der Waals surface area contributed by atoms with Gasteiger partial charge in [0.1, 0.15) is 5.54 Å². The van der Waals surface area contributed by atoms with Crippen LogP contribution in [-0.4, -0.2) is 49.5 Å². The Labute approximate surface area is 222 Å². The Morgan fingerprint density at radius 3 is 2.38 bits per heavy atom. The van der Waals surface area contributed by atoms with E-state index in [1.807, 2.05) is 6.07 Å². The van der Waals surface area contributed by atoms with Crippen LogP contribution in [0.4, 0.5) is 39.5 Å². The zero-order valence-corrected chi connectivity index (χ0v) is 20.5. The van der Waals surface area contributed by atoms with Crippen molar-refractivity contribution >= 4 is 17.5 Å². The van der Waals surface area contributed by atoms with Crippen LogP contribution in [0.3, 0.4) is 0 Å². The zero-order chi connectivity index (χ0) is 29.8. The number of hydrogen-bond acceptors (Lipinski definition) is 5. The van der Waals surface area contributed by atoms with E-state index >= 15 is 0 Å². The van der Waals surface area contributed by atoms with Gasteiger partial charge in [0.15, 0.2) is 11.4 Å². The molecule has 18 heteroatoms. The van der Waals surface area contributed by atoms with Crippen molar-refractivity contribution < 1.29 is 49.0 Å². The molecule has 4 rings (SSSR count). The highest BCUT2D eigenvalue weighted by atomic mass is 35.5. The fourth-order valence-electron chi connectivity index (χ4n) is 3.53. The minimum atomic E-state index is -6.46. The maximum absolute atomic E-state index is 13.9. The number of aryl methyl sites for hydroxylation is 1. The molecule has 214 valence electrons. The van der Waals surface area contributed by atoms with E-state index in [1.165, 1.54) is 18.2 Å². The lowest BCUT2D eigenvalue weighted by Gasteiger charge is -2.23. The van der Waals surface area contributed by atoms with Crippen LogP contribution >= 0.6 is 11.6 Å². The lowest BCUT2D eigenvalue weighted by molar-refractivity contribution is -0.328. The SMILES string of the molecule is Cn1nc(OC(F)C(F)(F)C(F)(F)F)c(C(F)(F)F)c1-n1cc(-c2ccc(Cl)c(C(=O)NC3(C#N)CC3)c2)cn1. The first kappa shape index (κ1) is 29.1. The number of hydrogen-bond donors (Lipinski definition) is 1. The van der Waals surface area contributed by atoms with Gasteiger partial charge in [-0.2, -0.15) is 49.9 Å². The molecule has 0 saturated heterocycles. The summed E-state index contributed by atoms with van der Waals surface area (Å²) in [6.07, 6.45) is -13.5. The molecule has 1 aromatic carbocycles. The molecule has 1 unspecified atom stereocenters. The molecule has 1 saturated carbocycles. The van der Waals surface area contributed by atoms with Crippen LogP contribution in [0.25, 0.3) is 16.9 Å². The number of nitrogens with one attached hydrogen (secondary N) is 1. The molecule has 1 aliphatic rings. The largest absolute Gasteiger partial charge is 0.460 e. The number of rotatable bonds is 7. The summed E-state index contributed by atoms with van der Waals surface area (Å²) in [6.45, 7) is 0. The lowest BCUT2D eigenvalue weighted by Crippen LogP contribution is -2.47. The number of nitriles is 1. The van der Waals surface area contributed by atoms with Crippen molar-refractivity contribution in [3.63, 3.8) is 0 Å². The van der Waals surface area contributed by atoms with Gasteiger partial charge in [0.05, 0.1) is 22.9 Å². The van der Waals surface area contributed by atoms with E-state index in [-0.39, 0.29) is 21.7 Å². The van der Waals surface area contributed by atoms with Gasteiger partial charge in [0.25, 0.3) is 5.91 Å². The topological polar surface area (TPSA) is 97.8 Å². The van der Waals surface area contributed by atoms with E-state index in [0.717, 1.165) is 19.4 Å². The summed E-state index contributed by atoms with van der Waals surface area (Å²) in [5.74, 6) is -9.71. The fourth-order valence-corrected chi connectivity index (χ4v) is 3.73. The smallest absolute Gasteiger partial charge is 0.434 e. The van der Waals surface area contributed by atoms with Gasteiger partial charge in [0.2, 0.25) is 5.88 Å². The second kappa shape index (κ2) is 9.61. The zero-order valence-electron chi connectivity index (χ0n) is 19.7. The van der Waals surface area contributed by atoms with Crippen LogP contribution in [0.5, 0.6) is 5.88 Å². The Kier molecular flexibility index (Phi) is 6.98. The van der Waals surface area contributed by atoms with Gasteiger partial charge in [-0.1, -0.05) is 17.7 Å². The molecule has 2 heterocycles. The van der Waals surface area contributed by atoms with Crippen molar-refractivity contribution in [2.75, 3.05) is 0 Å². The maximum atomic E-state index is 13.9. The van der Waals surface area contributed by atoms with Crippen LogP contribution in [0.1, 0.15) is 28.8 Å². The first-order valence-corrected chi connectivity index (χ1v) is 11.3. The number of amides is 1. The summed E-state index contributed by atoms with van der Waals surface area (Å²) in [5, 5.41) is 18.6. The van der Waals surface area contributed by atoms with Crippen LogP contribution in [0, 0.1) is 11.3 Å². The average Bonchev–Trinajstić information content (AvgIpc) is 3.29. The van der Waals surface area contributed by atoms with Crippen molar-refractivity contribution in [2.45, 2.75) is 43.0 Å². The van der Waals surface area contributed by atoms with Gasteiger partial charge >= 0.3 is 24.6 Å². The predicted molar refractivity (Wildman–Crippen MR) is 117 cm³/mol. The molecule has 8 nitrogen and oxygen atoms in total. The summed E-state index contributed by atoms with van der Waals surface area (Å²) in [6, 6.07) is 5.96. The highest BCUT2D eigenvalue weighted by molar-refractivity contribution is 6.34. The van der Waals surface area contributed by atoms with Crippen LogP contribution in [-0.2, 0) is 13.2 Å². The highest BCUT2D eigenvalue weighted by Crippen LogP contribution is 2.44. The molecule has 1 amide bonds. The highest BCUT2D eigenvalue weighted by Gasteiger charge is 2.65. The molecule has 0 spiro atoms. The summed E-state index contributed by atoms with van der Waals surface area (Å²) in [4.78, 5) is 12.6. The summed E-state index contributed by atoms with van der Waals surface area (Å²) in [7, 11) is 0.863. The minimum Gasteiger partial charge on any atom is -0.434 e. The Hall–Kier alpha value is -3.94. The molecule has 0 radical (unpaired) electrons. The van der Waals surface area contributed by atoms with Gasteiger partial charge in [-0.05, 0) is 30.5 Å². The fraction of sp³-hybridized carbons (Fsp3) is 0.364. The van der Waals surface area contributed by atoms with E-state index in [2.05, 4.69) is 20.3 Å². The second-order valence-electron chi connectivity index (χ2n) is 8.70. The Morgan fingerprint density at radius 1 is 1.18 bits per heavy atom. The molecule has 0 bridgehead atoms. The monoisotopic (exact) mass is 600 g/mol. The summed E-state index contributed by atoms with van der Waals surface area (Å²) < 4.78 is 124. The summed E-state index contributed by atoms with van der Waals surface area (Å²) >= 11 is 6.10. The third-order valence-corrected chi connectivity index (χ3v) is 6.14. The number of benzene rings is 1. The Balaban J connectivity index is 1.70. The van der Waals surface area contributed by atoms with Crippen molar-refractivity contribution in [2.24, 2.45) is 7.05 Å². The van der Waals surface area contributed by atoms with Crippen molar-refractivity contribution in [1.29, 1.82) is 5.26 Å². The third-order valence-electron chi connectivity index (χ3n) is 5.81. The number of carbonyl (C=O) groups is 1. The molecule has 1 atom stereocenters. The minimum absolute atomic E-state index is 0.00611. The van der Waals surface area contributed by atoms with E-state index in [0.29, 0.717) is 22.2 Å². The molecule has 2 aromatic heterocycles. The maximum Gasteiger partial charge on any atom is 0.460 e. The predicted octanol–water partition coefficient (Wildman–Crippen LogP) is 5.60. The van der Waals surface area contributed by atoms with E-state index < -0.39 is 53.3 Å². The quantitative estimate of drug-likeness (QED) is 0.356. The first-order valence-electron chi connectivity index (χ1n) is 10.9. The lowest BCUT2D eigenvalue weighted by atomic mass is 10.1. The van der Waals surface area contributed by atoms with Gasteiger partial charge in [-0.3, -0.25) is 4.79 Å². The van der Waals surface area contributed by atoms with Crippen molar-refractivity contribution in [3.05, 3.63) is 46.7 Å². The van der Waals surface area contributed by atoms with Gasteiger partial charge < -0.3 is 10.1 Å². The molecule has 3 aromatic rings. The number of ether oxygens (including phenoxy) is 1. The summed E-state index contributed by atoms with van der Waals surface area (Å²) in [5.41, 5.74) is -2.72. The normalized spacial score (nSPS) is 15.8. The first-order chi connectivity index (χ1) is 18.4.